The van der Waals surface area contributed by atoms with Crippen molar-refractivity contribution in [3.63, 3.8) is 0 Å². The zero-order chi connectivity index (χ0) is 13.9. The molecule has 0 aromatic rings. The second kappa shape index (κ2) is 5.81. The van der Waals surface area contributed by atoms with Gasteiger partial charge in [0.2, 0.25) is 0 Å². The minimum Gasteiger partial charge on any atom is -0.508 e. The number of allylic oxidation sites excluding steroid dienone is 4. The lowest BCUT2D eigenvalue weighted by Crippen LogP contribution is -2.21. The van der Waals surface area contributed by atoms with E-state index in [-0.39, 0.29) is 22.7 Å². The van der Waals surface area contributed by atoms with Gasteiger partial charge in [0.1, 0.15) is 11.6 Å². The zero-order valence-electron chi connectivity index (χ0n) is 11.7. The molecule has 0 aromatic heterocycles. The summed E-state index contributed by atoms with van der Waals surface area (Å²) in [5, 5.41) is 10.1. The Morgan fingerprint density at radius 3 is 2.68 bits per heavy atom. The van der Waals surface area contributed by atoms with Crippen molar-refractivity contribution in [3.8, 4) is 0 Å². The molecule has 3 heteroatoms. The number of aliphatic hydroxyl groups is 1. The van der Waals surface area contributed by atoms with Crippen LogP contribution in [-0.4, -0.2) is 5.11 Å². The van der Waals surface area contributed by atoms with E-state index < -0.39 is 0 Å². The van der Waals surface area contributed by atoms with Gasteiger partial charge in [0.15, 0.2) is 0 Å². The van der Waals surface area contributed by atoms with E-state index in [1.165, 1.54) is 38.2 Å². The van der Waals surface area contributed by atoms with Crippen molar-refractivity contribution in [2.45, 2.75) is 58.3 Å². The van der Waals surface area contributed by atoms with E-state index >= 15 is 0 Å². The Balaban J connectivity index is 2.15. The summed E-state index contributed by atoms with van der Waals surface area (Å²) < 4.78 is 13.4. The van der Waals surface area contributed by atoms with Gasteiger partial charge in [-0.05, 0) is 36.7 Å². The Morgan fingerprint density at radius 1 is 1.32 bits per heavy atom. The molecule has 19 heavy (non-hydrogen) atoms. The summed E-state index contributed by atoms with van der Waals surface area (Å²) in [7, 11) is 0. The SMILES string of the molecule is CC1(CC2=CCC/C(F)=C(\N)C=C2O)CCCCC1. The minimum atomic E-state index is -0.328. The Kier molecular flexibility index (Phi) is 4.33. The first-order valence-electron chi connectivity index (χ1n) is 7.24. The van der Waals surface area contributed by atoms with Gasteiger partial charge in [0, 0.05) is 12.5 Å². The van der Waals surface area contributed by atoms with Crippen LogP contribution < -0.4 is 5.73 Å². The monoisotopic (exact) mass is 265 g/mol. The van der Waals surface area contributed by atoms with Gasteiger partial charge < -0.3 is 10.8 Å². The molecular formula is C16H24FNO. The number of nitrogens with two attached hydrogens (primary N) is 1. The molecule has 1 saturated carbocycles. The van der Waals surface area contributed by atoms with Crippen molar-refractivity contribution < 1.29 is 9.50 Å². The highest BCUT2D eigenvalue weighted by atomic mass is 19.1. The fourth-order valence-electron chi connectivity index (χ4n) is 3.14. The van der Waals surface area contributed by atoms with E-state index in [2.05, 4.69) is 6.92 Å². The predicted molar refractivity (Wildman–Crippen MR) is 76.2 cm³/mol. The second-order valence-corrected chi connectivity index (χ2v) is 6.21. The van der Waals surface area contributed by atoms with E-state index in [1.54, 1.807) is 0 Å². The molecule has 0 aromatic carbocycles. The van der Waals surface area contributed by atoms with E-state index in [0.29, 0.717) is 12.8 Å². The van der Waals surface area contributed by atoms with Crippen LogP contribution in [0.5, 0.6) is 0 Å². The average molecular weight is 265 g/mol. The number of hydrogen-bond donors (Lipinski definition) is 2. The Morgan fingerprint density at radius 2 is 2.00 bits per heavy atom. The Hall–Kier alpha value is -1.25. The zero-order valence-corrected chi connectivity index (χ0v) is 11.7. The van der Waals surface area contributed by atoms with Gasteiger partial charge >= 0.3 is 0 Å². The van der Waals surface area contributed by atoms with Gasteiger partial charge in [-0.1, -0.05) is 32.3 Å². The van der Waals surface area contributed by atoms with Gasteiger partial charge in [-0.25, -0.2) is 4.39 Å². The molecule has 1 fully saturated rings. The second-order valence-electron chi connectivity index (χ2n) is 6.21. The average Bonchev–Trinajstić information content (AvgIpc) is 2.37. The van der Waals surface area contributed by atoms with Crippen molar-refractivity contribution in [1.82, 2.24) is 0 Å². The standard InChI is InChI=1S/C16H24FNO/c1-16(8-3-2-4-9-16)11-12-6-5-7-13(17)14(18)10-15(12)19/h6,10,19H,2-5,7-9,11,18H2,1H3/b12-6?,14-13+,15-10?. The van der Waals surface area contributed by atoms with E-state index in [9.17, 15) is 9.50 Å². The largest absolute Gasteiger partial charge is 0.508 e. The van der Waals surface area contributed by atoms with Crippen LogP contribution in [-0.2, 0) is 0 Å². The molecule has 0 aliphatic heterocycles. The van der Waals surface area contributed by atoms with Gasteiger partial charge in [0.05, 0.1) is 5.70 Å². The first kappa shape index (κ1) is 14.2. The van der Waals surface area contributed by atoms with Crippen molar-refractivity contribution in [2.24, 2.45) is 11.1 Å². The smallest absolute Gasteiger partial charge is 0.123 e. The molecule has 2 aliphatic carbocycles. The van der Waals surface area contributed by atoms with Gasteiger partial charge in [-0.2, -0.15) is 0 Å². The Labute approximate surface area is 114 Å². The molecular weight excluding hydrogens is 241 g/mol. The summed E-state index contributed by atoms with van der Waals surface area (Å²) in [6, 6.07) is 0. The fraction of sp³-hybridized carbons (Fsp3) is 0.625. The molecule has 0 bridgehead atoms. The number of hydrogen-bond acceptors (Lipinski definition) is 2. The molecule has 3 N–H and O–H groups in total. The minimum absolute atomic E-state index is 0.0666. The van der Waals surface area contributed by atoms with E-state index in [0.717, 1.165) is 12.0 Å². The van der Waals surface area contributed by atoms with Gasteiger partial charge in [-0.3, -0.25) is 0 Å². The highest BCUT2D eigenvalue weighted by molar-refractivity contribution is 5.35. The molecule has 0 amide bonds. The summed E-state index contributed by atoms with van der Waals surface area (Å²) in [6.45, 7) is 2.29. The highest BCUT2D eigenvalue weighted by Gasteiger charge is 2.28. The molecule has 2 rings (SSSR count). The third-order valence-electron chi connectivity index (χ3n) is 4.37. The molecule has 2 nitrogen and oxygen atoms in total. The number of halogens is 1. The number of rotatable bonds is 2. The van der Waals surface area contributed by atoms with Crippen LogP contribution in [0.1, 0.15) is 58.3 Å². The molecule has 0 spiro atoms. The maximum atomic E-state index is 13.4. The lowest BCUT2D eigenvalue weighted by molar-refractivity contribution is 0.211. The first-order chi connectivity index (χ1) is 9.00. The van der Waals surface area contributed by atoms with Gasteiger partial charge in [0.25, 0.3) is 0 Å². The van der Waals surface area contributed by atoms with E-state index in [4.69, 9.17) is 5.73 Å². The molecule has 106 valence electrons. The molecule has 0 heterocycles. The van der Waals surface area contributed by atoms with Crippen LogP contribution in [0, 0.1) is 5.41 Å². The number of aliphatic hydroxyl groups excluding tert-OH is 1. The third kappa shape index (κ3) is 3.62. The van der Waals surface area contributed by atoms with Crippen molar-refractivity contribution in [3.05, 3.63) is 35.0 Å². The summed E-state index contributed by atoms with van der Waals surface area (Å²) in [4.78, 5) is 0. The summed E-state index contributed by atoms with van der Waals surface area (Å²) >= 11 is 0. The first-order valence-corrected chi connectivity index (χ1v) is 7.24. The van der Waals surface area contributed by atoms with Crippen LogP contribution in [0.15, 0.2) is 35.0 Å². The van der Waals surface area contributed by atoms with Gasteiger partial charge in [-0.15, -0.1) is 0 Å². The third-order valence-corrected chi connectivity index (χ3v) is 4.37. The van der Waals surface area contributed by atoms with Crippen LogP contribution in [0.2, 0.25) is 0 Å². The van der Waals surface area contributed by atoms with E-state index in [1.807, 2.05) is 6.08 Å². The van der Waals surface area contributed by atoms with Crippen LogP contribution in [0.3, 0.4) is 0 Å². The van der Waals surface area contributed by atoms with Crippen LogP contribution in [0.25, 0.3) is 0 Å². The topological polar surface area (TPSA) is 46.2 Å². The van der Waals surface area contributed by atoms with Crippen LogP contribution >= 0.6 is 0 Å². The molecule has 0 unspecified atom stereocenters. The summed E-state index contributed by atoms with van der Waals surface area (Å²) in [5.41, 5.74) is 6.87. The van der Waals surface area contributed by atoms with Crippen LogP contribution in [0.4, 0.5) is 4.39 Å². The quantitative estimate of drug-likeness (QED) is 0.763. The molecule has 0 atom stereocenters. The summed E-state index contributed by atoms with van der Waals surface area (Å²) in [6.07, 6.45) is 11.4. The van der Waals surface area contributed by atoms with Crippen molar-refractivity contribution >= 4 is 0 Å². The predicted octanol–water partition coefficient (Wildman–Crippen LogP) is 4.65. The molecule has 0 saturated heterocycles. The molecule has 0 radical (unpaired) electrons. The van der Waals surface area contributed by atoms with Crippen molar-refractivity contribution in [1.29, 1.82) is 0 Å². The van der Waals surface area contributed by atoms with Crippen molar-refractivity contribution in [2.75, 3.05) is 0 Å². The summed E-state index contributed by atoms with van der Waals surface area (Å²) in [5.74, 6) is -0.190. The normalized spacial score (nSPS) is 28.1. The Bertz CT molecular complexity index is 428. The maximum absolute atomic E-state index is 13.4. The lowest BCUT2D eigenvalue weighted by Gasteiger charge is -2.34. The highest BCUT2D eigenvalue weighted by Crippen LogP contribution is 2.42. The fourth-order valence-corrected chi connectivity index (χ4v) is 3.14. The lowest BCUT2D eigenvalue weighted by atomic mass is 9.71. The molecule has 2 aliphatic rings. The maximum Gasteiger partial charge on any atom is 0.123 e.